The zero-order valence-corrected chi connectivity index (χ0v) is 21.2. The fourth-order valence-electron chi connectivity index (χ4n) is 5.97. The van der Waals surface area contributed by atoms with Crippen molar-refractivity contribution in [1.82, 2.24) is 14.7 Å². The molecule has 4 aliphatic rings. The van der Waals surface area contributed by atoms with Crippen LogP contribution in [0, 0.1) is 11.8 Å². The third-order valence-electron chi connectivity index (χ3n) is 7.37. The Balaban J connectivity index is 1.62. The molecule has 0 aromatic heterocycles. The van der Waals surface area contributed by atoms with Crippen LogP contribution < -0.4 is 0 Å². The van der Waals surface area contributed by atoms with Crippen LogP contribution >= 0.6 is 15.9 Å². The minimum atomic E-state index is -1.14. The summed E-state index contributed by atoms with van der Waals surface area (Å²) in [5.41, 5.74) is -1.14. The molecule has 4 saturated heterocycles. The lowest BCUT2D eigenvalue weighted by molar-refractivity contribution is -0.155. The lowest BCUT2D eigenvalue weighted by Crippen LogP contribution is -2.58. The van der Waals surface area contributed by atoms with Crippen molar-refractivity contribution < 1.29 is 33.7 Å². The van der Waals surface area contributed by atoms with Crippen LogP contribution in [0.3, 0.4) is 0 Å². The van der Waals surface area contributed by atoms with Gasteiger partial charge >= 0.3 is 5.97 Å². The number of likely N-dealkylation sites (tertiary alicyclic amines) is 1. The normalized spacial score (nSPS) is 34.9. The lowest BCUT2D eigenvalue weighted by atomic mass is 9.70. The van der Waals surface area contributed by atoms with Crippen molar-refractivity contribution in [3.63, 3.8) is 0 Å². The monoisotopic (exact) mass is 543 g/mol. The minimum absolute atomic E-state index is 0.00456. The van der Waals surface area contributed by atoms with E-state index in [0.717, 1.165) is 13.1 Å². The summed E-state index contributed by atoms with van der Waals surface area (Å²) in [6.45, 7) is 9.82. The molecule has 4 rings (SSSR count). The van der Waals surface area contributed by atoms with E-state index in [1.54, 1.807) is 17.9 Å². The quantitative estimate of drug-likeness (QED) is 0.226. The summed E-state index contributed by atoms with van der Waals surface area (Å²) >= 11 is 3.62. The second-order valence-electron chi connectivity index (χ2n) is 9.20. The van der Waals surface area contributed by atoms with Gasteiger partial charge in [-0.15, -0.1) is 6.58 Å². The minimum Gasteiger partial charge on any atom is -0.466 e. The maximum atomic E-state index is 14.0. The van der Waals surface area contributed by atoms with Crippen LogP contribution in [0.4, 0.5) is 0 Å². The van der Waals surface area contributed by atoms with E-state index in [0.29, 0.717) is 39.3 Å². The highest BCUT2D eigenvalue weighted by Gasteiger charge is 2.77. The third-order valence-corrected chi connectivity index (χ3v) is 8.22. The van der Waals surface area contributed by atoms with Crippen LogP contribution in [-0.2, 0) is 28.6 Å². The molecular weight excluding hydrogens is 510 g/mol. The Kier molecular flexibility index (Phi) is 7.98. The van der Waals surface area contributed by atoms with E-state index >= 15 is 0 Å². The number of hydrogen-bond acceptors (Lipinski definition) is 8. The number of fused-ring (bicyclic) bond motifs is 1. The van der Waals surface area contributed by atoms with E-state index < -0.39 is 35.6 Å². The summed E-state index contributed by atoms with van der Waals surface area (Å²) in [7, 11) is 0. The topological polar surface area (TPSA) is 109 Å². The van der Waals surface area contributed by atoms with Crippen LogP contribution in [0.25, 0.3) is 0 Å². The number of amides is 2. The number of hydrogen-bond donors (Lipinski definition) is 1. The maximum Gasteiger partial charge on any atom is 0.312 e. The average molecular weight is 544 g/mol. The Hall–Kier alpha value is -1.53. The zero-order chi connectivity index (χ0) is 24.5. The van der Waals surface area contributed by atoms with E-state index in [2.05, 4.69) is 27.4 Å². The molecule has 0 radical (unpaired) electrons. The number of carbonyl (C=O) groups excluding carboxylic acids is 3. The van der Waals surface area contributed by atoms with Gasteiger partial charge in [-0.3, -0.25) is 19.3 Å². The molecule has 2 amide bonds. The first-order valence-corrected chi connectivity index (χ1v) is 12.9. The molecule has 0 aromatic rings. The zero-order valence-electron chi connectivity index (χ0n) is 19.6. The second kappa shape index (κ2) is 10.6. The molecule has 4 fully saturated rings. The molecule has 6 atom stereocenters. The van der Waals surface area contributed by atoms with E-state index in [-0.39, 0.29) is 36.4 Å². The van der Waals surface area contributed by atoms with Gasteiger partial charge in [0.25, 0.3) is 0 Å². The van der Waals surface area contributed by atoms with Crippen molar-refractivity contribution in [1.29, 1.82) is 0 Å². The number of ether oxygens (including phenoxy) is 3. The number of aliphatic hydroxyl groups is 1. The highest BCUT2D eigenvalue weighted by molar-refractivity contribution is 9.09. The molecular formula is C23H34BrN3O7. The van der Waals surface area contributed by atoms with Gasteiger partial charge in [0.05, 0.1) is 44.4 Å². The predicted octanol–water partition coefficient (Wildman–Crippen LogP) is -0.363. The van der Waals surface area contributed by atoms with Crippen LogP contribution in [-0.4, -0.2) is 126 Å². The van der Waals surface area contributed by atoms with Crippen LogP contribution in [0.1, 0.15) is 13.3 Å². The number of halogens is 1. The smallest absolute Gasteiger partial charge is 0.312 e. The molecule has 10 nitrogen and oxygen atoms in total. The van der Waals surface area contributed by atoms with Gasteiger partial charge in [0.2, 0.25) is 11.8 Å². The molecule has 4 aliphatic heterocycles. The molecule has 34 heavy (non-hydrogen) atoms. The van der Waals surface area contributed by atoms with E-state index in [1.165, 1.54) is 4.90 Å². The van der Waals surface area contributed by atoms with Crippen molar-refractivity contribution in [2.24, 2.45) is 11.8 Å². The molecule has 3 unspecified atom stereocenters. The van der Waals surface area contributed by atoms with Crippen molar-refractivity contribution >= 4 is 33.7 Å². The molecule has 1 N–H and O–H groups in total. The molecule has 2 bridgehead atoms. The first kappa shape index (κ1) is 25.6. The van der Waals surface area contributed by atoms with Gasteiger partial charge in [0.15, 0.2) is 0 Å². The van der Waals surface area contributed by atoms with Gasteiger partial charge in [-0.1, -0.05) is 22.0 Å². The van der Waals surface area contributed by atoms with Crippen LogP contribution in [0.2, 0.25) is 0 Å². The standard InChI is InChI=1S/C23H34BrN3O7/c1-3-5-26(7-6-25-9-12-32-13-10-25)21(30)19-23-14-15(24)18(34-23)16(22(31)33-4-2)17(23)20(29)27(19)8-11-28/h3,15-19,28H,1,4-14H2,2H3/t15?,16-,17-,18-,19?,23?/m0/s1. The van der Waals surface area contributed by atoms with Gasteiger partial charge in [-0.05, 0) is 13.3 Å². The number of alkyl halides is 1. The predicted molar refractivity (Wildman–Crippen MR) is 125 cm³/mol. The van der Waals surface area contributed by atoms with E-state index in [9.17, 15) is 19.5 Å². The summed E-state index contributed by atoms with van der Waals surface area (Å²) in [6, 6.07) is -0.925. The van der Waals surface area contributed by atoms with Gasteiger partial charge in [-0.2, -0.15) is 0 Å². The van der Waals surface area contributed by atoms with E-state index in [1.807, 2.05) is 0 Å². The summed E-state index contributed by atoms with van der Waals surface area (Å²) < 4.78 is 17.1. The van der Waals surface area contributed by atoms with Crippen molar-refractivity contribution in [2.45, 2.75) is 35.9 Å². The largest absolute Gasteiger partial charge is 0.466 e. The molecule has 1 spiro atoms. The maximum absolute atomic E-state index is 14.0. The summed E-state index contributed by atoms with van der Waals surface area (Å²) in [6.07, 6.45) is 1.55. The highest BCUT2D eigenvalue weighted by Crippen LogP contribution is 2.60. The fourth-order valence-corrected chi connectivity index (χ4v) is 6.91. The van der Waals surface area contributed by atoms with Crippen molar-refractivity contribution in [2.75, 3.05) is 65.7 Å². The summed E-state index contributed by atoms with van der Waals surface area (Å²) in [4.78, 5) is 45.6. The molecule has 0 aromatic carbocycles. The molecule has 11 heteroatoms. The van der Waals surface area contributed by atoms with Gasteiger partial charge < -0.3 is 29.1 Å². The first-order valence-electron chi connectivity index (χ1n) is 12.0. The molecule has 0 aliphatic carbocycles. The fraction of sp³-hybridized carbons (Fsp3) is 0.783. The van der Waals surface area contributed by atoms with E-state index in [4.69, 9.17) is 14.2 Å². The number of morpholine rings is 1. The molecule has 190 valence electrons. The summed E-state index contributed by atoms with van der Waals surface area (Å²) in [5.74, 6) is -2.66. The molecule has 4 heterocycles. The Morgan fingerprint density at radius 2 is 2.09 bits per heavy atom. The third kappa shape index (κ3) is 4.30. The van der Waals surface area contributed by atoms with Crippen LogP contribution in [0.5, 0.6) is 0 Å². The summed E-state index contributed by atoms with van der Waals surface area (Å²) in [5, 5.41) is 9.71. The first-order chi connectivity index (χ1) is 16.4. The van der Waals surface area contributed by atoms with Gasteiger partial charge in [0.1, 0.15) is 11.6 Å². The highest BCUT2D eigenvalue weighted by atomic mass is 79.9. The second-order valence-corrected chi connectivity index (χ2v) is 10.4. The Morgan fingerprint density at radius 1 is 1.35 bits per heavy atom. The Morgan fingerprint density at radius 3 is 2.74 bits per heavy atom. The number of rotatable bonds is 10. The Labute approximate surface area is 208 Å². The number of nitrogens with zero attached hydrogens (tertiary/aromatic N) is 3. The van der Waals surface area contributed by atoms with Crippen LogP contribution in [0.15, 0.2) is 12.7 Å². The SMILES string of the molecule is C=CCN(CCN1CCOCC1)C(=O)C1N(CCO)C(=O)[C@@H]2[C@H](C(=O)OCC)[C@H]3OC12CC3Br. The van der Waals surface area contributed by atoms with Crippen molar-refractivity contribution in [3.8, 4) is 0 Å². The number of carbonyl (C=O) groups is 3. The Bertz CT molecular complexity index is 807. The number of aliphatic hydroxyl groups excluding tert-OH is 1. The van der Waals surface area contributed by atoms with Crippen molar-refractivity contribution in [3.05, 3.63) is 12.7 Å². The number of esters is 1. The molecule has 0 saturated carbocycles. The van der Waals surface area contributed by atoms with Gasteiger partial charge in [-0.25, -0.2) is 0 Å². The van der Waals surface area contributed by atoms with Gasteiger partial charge in [0, 0.05) is 44.1 Å². The average Bonchev–Trinajstić information content (AvgIpc) is 3.41. The lowest BCUT2D eigenvalue weighted by Gasteiger charge is -2.37. The number of β-amino-alcohol motifs (C(OH)–C–C–N with tert-alkyl or cyclic N) is 1.